The van der Waals surface area contributed by atoms with Gasteiger partial charge in [-0.15, -0.1) is 0 Å². The molecule has 0 aliphatic carbocycles. The molecular weight excluding hydrogens is 349 g/mol. The van der Waals surface area contributed by atoms with Crippen LogP contribution in [0.4, 0.5) is 0 Å². The van der Waals surface area contributed by atoms with E-state index in [1.54, 1.807) is 18.2 Å². The van der Waals surface area contributed by atoms with E-state index in [0.29, 0.717) is 5.56 Å². The Morgan fingerprint density at radius 2 is 1.61 bits per heavy atom. The predicted octanol–water partition coefficient (Wildman–Crippen LogP) is 3.83. The average Bonchev–Trinajstić information content (AvgIpc) is 2.52. The Morgan fingerprint density at radius 1 is 0.957 bits per heavy atom. The fourth-order valence-electron chi connectivity index (χ4n) is 2.14. The van der Waals surface area contributed by atoms with Crippen molar-refractivity contribution in [3.05, 3.63) is 71.3 Å². The molecule has 0 aliphatic rings. The van der Waals surface area contributed by atoms with E-state index < -0.39 is 19.2 Å². The molecule has 0 saturated carbocycles. The fourth-order valence-corrected chi connectivity index (χ4v) is 4.63. The van der Waals surface area contributed by atoms with Crippen LogP contribution in [-0.2, 0) is 0 Å². The number of carboxylic acids is 1. The van der Waals surface area contributed by atoms with Crippen molar-refractivity contribution in [2.75, 3.05) is 0 Å². The van der Waals surface area contributed by atoms with E-state index in [0.717, 1.165) is 5.56 Å². The van der Waals surface area contributed by atoms with Gasteiger partial charge in [-0.3, -0.25) is 0 Å². The normalized spacial score (nSPS) is 11.6. The van der Waals surface area contributed by atoms with Gasteiger partial charge in [0.25, 0.3) is 0 Å². The van der Waals surface area contributed by atoms with E-state index in [1.165, 1.54) is 22.6 Å². The molecule has 0 spiro atoms. The van der Waals surface area contributed by atoms with Crippen LogP contribution in [0.2, 0.25) is 17.3 Å². The van der Waals surface area contributed by atoms with Gasteiger partial charge in [0, 0.05) is 0 Å². The van der Waals surface area contributed by atoms with Crippen molar-refractivity contribution in [3.63, 3.8) is 0 Å². The molecule has 0 atom stereocenters. The van der Waals surface area contributed by atoms with Crippen LogP contribution >= 0.6 is 0 Å². The van der Waals surface area contributed by atoms with Gasteiger partial charge >= 0.3 is 139 Å². The molecule has 0 bridgehead atoms. The maximum absolute atomic E-state index is 12.3. The Balaban J connectivity index is 2.17. The van der Waals surface area contributed by atoms with Crippen LogP contribution in [0, 0.1) is 0 Å². The molecule has 0 amide bonds. The number of carboxylic acid groups (broad SMARTS) is 1. The third kappa shape index (κ3) is 4.66. The van der Waals surface area contributed by atoms with Gasteiger partial charge in [0.2, 0.25) is 0 Å². The summed E-state index contributed by atoms with van der Waals surface area (Å²) in [7, 11) is 0. The average molecular weight is 369 g/mol. The summed E-state index contributed by atoms with van der Waals surface area (Å²) < 4.78 is 1.30. The molecule has 0 aromatic heterocycles. The third-order valence-electron chi connectivity index (χ3n) is 3.60. The number of hydrogen-bond donors (Lipinski definition) is 1. The summed E-state index contributed by atoms with van der Waals surface area (Å²) in [6, 6.07) is 14.3. The monoisotopic (exact) mass is 370 g/mol. The fraction of sp³-hybridized carbons (Fsp3) is 0.158. The van der Waals surface area contributed by atoms with E-state index in [-0.39, 0.29) is 11.3 Å². The quantitative estimate of drug-likeness (QED) is 0.495. The van der Waals surface area contributed by atoms with E-state index in [2.05, 4.69) is 23.3 Å². The molecule has 1 N–H and O–H groups in total. The molecule has 23 heavy (non-hydrogen) atoms. The molecule has 4 heteroatoms. The Labute approximate surface area is 139 Å². The molecule has 0 unspecified atom stereocenters. The van der Waals surface area contributed by atoms with E-state index in [4.69, 9.17) is 5.11 Å². The number of hydrogen-bond acceptors (Lipinski definition) is 2. The SMILES string of the molecule is [CH3][Ge]([CH3])([CH3])[c]1cccc(C(=O)C=Cc2ccc(C(=O)O)cc2)c1. The van der Waals surface area contributed by atoms with Crippen LogP contribution in [0.3, 0.4) is 0 Å². The van der Waals surface area contributed by atoms with E-state index >= 15 is 0 Å². The molecular formula is C19H20GeO3. The Bertz CT molecular complexity index is 753. The minimum absolute atomic E-state index is 0.0409. The second-order valence-corrected chi connectivity index (χ2v) is 17.1. The second-order valence-electron chi connectivity index (χ2n) is 6.46. The molecule has 0 radical (unpaired) electrons. The first kappa shape index (κ1) is 17.2. The number of rotatable bonds is 5. The first-order valence-corrected chi connectivity index (χ1v) is 14.8. The number of carbonyl (C=O) groups excluding carboxylic acids is 1. The predicted molar refractivity (Wildman–Crippen MR) is 96.2 cm³/mol. The third-order valence-corrected chi connectivity index (χ3v) is 7.88. The standard InChI is InChI=1S/C19H20GeO3/c1-20(2,3)17-6-4-5-16(13-17)18(21)12-9-14-7-10-15(11-8-14)19(22)23/h4-13H,1-3H3,(H,22,23). The van der Waals surface area contributed by atoms with Crippen molar-refractivity contribution in [3.8, 4) is 0 Å². The summed E-state index contributed by atoms with van der Waals surface area (Å²) in [5.41, 5.74) is 1.73. The second kappa shape index (κ2) is 6.96. The minimum atomic E-state index is -1.95. The van der Waals surface area contributed by atoms with Gasteiger partial charge in [0.05, 0.1) is 0 Å². The van der Waals surface area contributed by atoms with Crippen molar-refractivity contribution in [2.45, 2.75) is 17.3 Å². The van der Waals surface area contributed by atoms with Gasteiger partial charge in [-0.25, -0.2) is 0 Å². The zero-order valence-electron chi connectivity index (χ0n) is 13.5. The molecule has 0 saturated heterocycles. The van der Waals surface area contributed by atoms with Gasteiger partial charge in [0.15, 0.2) is 0 Å². The van der Waals surface area contributed by atoms with E-state index in [9.17, 15) is 9.59 Å². The first-order chi connectivity index (χ1) is 10.8. The van der Waals surface area contributed by atoms with Crippen molar-refractivity contribution < 1.29 is 14.7 Å². The van der Waals surface area contributed by atoms with Crippen molar-refractivity contribution in [1.82, 2.24) is 0 Å². The van der Waals surface area contributed by atoms with Gasteiger partial charge in [-0.1, -0.05) is 0 Å². The van der Waals surface area contributed by atoms with Crippen LogP contribution in [0.5, 0.6) is 0 Å². The number of carbonyl (C=O) groups is 2. The van der Waals surface area contributed by atoms with Gasteiger partial charge in [-0.2, -0.15) is 0 Å². The number of allylic oxidation sites excluding steroid dienone is 1. The summed E-state index contributed by atoms with van der Waals surface area (Å²) in [6.07, 6.45) is 3.24. The summed E-state index contributed by atoms with van der Waals surface area (Å²) in [4.78, 5) is 23.1. The molecule has 0 heterocycles. The van der Waals surface area contributed by atoms with Gasteiger partial charge in [-0.05, 0) is 0 Å². The Hall–Kier alpha value is -2.14. The summed E-state index contributed by atoms with van der Waals surface area (Å²) >= 11 is -1.95. The summed E-state index contributed by atoms with van der Waals surface area (Å²) in [5.74, 6) is 5.89. The number of benzene rings is 2. The zero-order valence-corrected chi connectivity index (χ0v) is 15.6. The molecule has 2 aromatic rings. The molecule has 0 aliphatic heterocycles. The summed E-state index contributed by atoms with van der Waals surface area (Å²) in [5, 5.41) is 8.87. The Kier molecular flexibility index (Phi) is 5.21. The molecule has 118 valence electrons. The van der Waals surface area contributed by atoms with Crippen LogP contribution < -0.4 is 4.40 Å². The van der Waals surface area contributed by atoms with Crippen molar-refractivity contribution in [1.29, 1.82) is 0 Å². The molecule has 0 fully saturated rings. The topological polar surface area (TPSA) is 54.4 Å². The molecule has 2 rings (SSSR count). The van der Waals surface area contributed by atoms with Gasteiger partial charge in [0.1, 0.15) is 0 Å². The molecule has 2 aromatic carbocycles. The van der Waals surface area contributed by atoms with Crippen molar-refractivity contribution in [2.24, 2.45) is 0 Å². The van der Waals surface area contributed by atoms with Crippen LogP contribution in [0.1, 0.15) is 26.3 Å². The van der Waals surface area contributed by atoms with Crippen LogP contribution in [0.15, 0.2) is 54.6 Å². The summed E-state index contributed by atoms with van der Waals surface area (Å²) in [6.45, 7) is 0. The van der Waals surface area contributed by atoms with E-state index in [1.807, 2.05) is 18.2 Å². The number of ketones is 1. The Morgan fingerprint density at radius 3 is 2.17 bits per heavy atom. The van der Waals surface area contributed by atoms with Crippen LogP contribution in [-0.4, -0.2) is 30.1 Å². The zero-order chi connectivity index (χ0) is 17.0. The van der Waals surface area contributed by atoms with Crippen molar-refractivity contribution >= 4 is 35.5 Å². The maximum atomic E-state index is 12.3. The van der Waals surface area contributed by atoms with Gasteiger partial charge < -0.3 is 0 Å². The molecule has 3 nitrogen and oxygen atoms in total. The first-order valence-electron chi connectivity index (χ1n) is 7.44. The number of aromatic carboxylic acids is 1. The van der Waals surface area contributed by atoms with Crippen LogP contribution in [0.25, 0.3) is 6.08 Å².